The molecule has 0 aliphatic heterocycles. The van der Waals surface area contributed by atoms with Gasteiger partial charge in [0.15, 0.2) is 0 Å². The van der Waals surface area contributed by atoms with Gasteiger partial charge in [0.05, 0.1) is 17.1 Å². The molecule has 3 aliphatic carbocycles. The van der Waals surface area contributed by atoms with Gasteiger partial charge in [0.2, 0.25) is 0 Å². The third kappa shape index (κ3) is 5.47. The number of benzene rings is 3. The molecule has 0 fully saturated rings. The minimum Gasteiger partial charge on any atom is -0.333 e. The maximum absolute atomic E-state index is 4.38. The fourth-order valence-electron chi connectivity index (χ4n) is 8.68. The largest absolute Gasteiger partial charge is 0.333 e. The van der Waals surface area contributed by atoms with E-state index in [-0.39, 0.29) is 6.04 Å². The van der Waals surface area contributed by atoms with Crippen molar-refractivity contribution >= 4 is 34.0 Å². The maximum atomic E-state index is 4.38. The van der Waals surface area contributed by atoms with E-state index >= 15 is 0 Å². The Balaban J connectivity index is 0.795. The summed E-state index contributed by atoms with van der Waals surface area (Å²) in [6.45, 7) is 0. The Labute approximate surface area is 304 Å². The van der Waals surface area contributed by atoms with Crippen molar-refractivity contribution in [3.63, 3.8) is 0 Å². The monoisotopic (exact) mass is 672 g/mol. The summed E-state index contributed by atoms with van der Waals surface area (Å²) in [5.41, 5.74) is 17.4. The summed E-state index contributed by atoms with van der Waals surface area (Å²) in [7, 11) is 0. The number of nitrogens with zero attached hydrogens (tertiary/aromatic N) is 4. The SMILES string of the molecule is C1=Cc2c(c3c(n2-c2ccc(Cc4ccc(-c5ccc(CC6=CCC(n7c8ccncc8c8cnccc87)C=C6)cc5)cc4)cc2)C=CCC3)CC1. The van der Waals surface area contributed by atoms with Crippen molar-refractivity contribution in [3.05, 3.63) is 185 Å². The van der Waals surface area contributed by atoms with Gasteiger partial charge in [-0.25, -0.2) is 0 Å². The second kappa shape index (κ2) is 13.0. The molecule has 7 aromatic rings. The number of fused-ring (bicyclic) bond motifs is 6. The minimum atomic E-state index is 0.272. The number of aromatic nitrogens is 4. The van der Waals surface area contributed by atoms with Crippen molar-refractivity contribution in [3.8, 4) is 16.8 Å². The zero-order chi connectivity index (χ0) is 34.4. The highest BCUT2D eigenvalue weighted by Crippen LogP contribution is 2.37. The first-order chi connectivity index (χ1) is 25.8. The topological polar surface area (TPSA) is 35.6 Å². The van der Waals surface area contributed by atoms with Crippen LogP contribution in [-0.2, 0) is 25.7 Å². The Morgan fingerprint density at radius 2 is 1.12 bits per heavy atom. The number of pyridine rings is 2. The number of allylic oxidation sites excluding steroid dienone is 6. The zero-order valence-electron chi connectivity index (χ0n) is 29.2. The molecule has 0 radical (unpaired) electrons. The van der Waals surface area contributed by atoms with E-state index in [4.69, 9.17) is 0 Å². The molecule has 4 aromatic heterocycles. The van der Waals surface area contributed by atoms with E-state index in [1.807, 2.05) is 24.8 Å². The third-order valence-electron chi connectivity index (χ3n) is 11.3. The maximum Gasteiger partial charge on any atom is 0.0560 e. The molecule has 1 atom stereocenters. The highest BCUT2D eigenvalue weighted by atomic mass is 15.0. The van der Waals surface area contributed by atoms with Crippen LogP contribution in [0.3, 0.4) is 0 Å². The first kappa shape index (κ1) is 30.8. The van der Waals surface area contributed by atoms with Crippen molar-refractivity contribution in [2.45, 2.75) is 51.0 Å². The van der Waals surface area contributed by atoms with Gasteiger partial charge >= 0.3 is 0 Å². The zero-order valence-corrected chi connectivity index (χ0v) is 29.2. The summed E-state index contributed by atoms with van der Waals surface area (Å²) in [5.74, 6) is 0. The van der Waals surface area contributed by atoms with E-state index in [9.17, 15) is 0 Å². The van der Waals surface area contributed by atoms with Gasteiger partial charge in [-0.1, -0.05) is 91.0 Å². The summed E-state index contributed by atoms with van der Waals surface area (Å²) in [6.07, 6.45) is 31.5. The Kier molecular flexibility index (Phi) is 7.67. The van der Waals surface area contributed by atoms with Crippen LogP contribution in [0.2, 0.25) is 0 Å². The average Bonchev–Trinajstić information content (AvgIpc) is 3.73. The molecular weight excluding hydrogens is 633 g/mol. The molecule has 0 bridgehead atoms. The van der Waals surface area contributed by atoms with Crippen LogP contribution in [0.4, 0.5) is 0 Å². The molecule has 4 heterocycles. The summed E-state index contributed by atoms with van der Waals surface area (Å²) in [5, 5.41) is 2.32. The van der Waals surface area contributed by atoms with Gasteiger partial charge in [-0.2, -0.15) is 0 Å². The molecule has 0 spiro atoms. The Morgan fingerprint density at radius 3 is 1.65 bits per heavy atom. The van der Waals surface area contributed by atoms with Crippen molar-refractivity contribution in [2.24, 2.45) is 0 Å². The van der Waals surface area contributed by atoms with Crippen LogP contribution in [0.1, 0.15) is 64.5 Å². The average molecular weight is 673 g/mol. The second-order valence-corrected chi connectivity index (χ2v) is 14.5. The first-order valence-electron chi connectivity index (χ1n) is 18.7. The molecular formula is C48H40N4. The van der Waals surface area contributed by atoms with E-state index in [0.29, 0.717) is 0 Å². The predicted molar refractivity (Wildman–Crippen MR) is 215 cm³/mol. The lowest BCUT2D eigenvalue weighted by Gasteiger charge is -2.20. The number of rotatable bonds is 7. The molecule has 52 heavy (non-hydrogen) atoms. The molecule has 0 saturated carbocycles. The molecule has 4 nitrogen and oxygen atoms in total. The van der Waals surface area contributed by atoms with E-state index in [1.165, 1.54) is 61.5 Å². The van der Waals surface area contributed by atoms with Crippen LogP contribution in [0, 0.1) is 0 Å². The van der Waals surface area contributed by atoms with Gasteiger partial charge in [0.25, 0.3) is 0 Å². The van der Waals surface area contributed by atoms with Gasteiger partial charge < -0.3 is 9.13 Å². The van der Waals surface area contributed by atoms with Crippen molar-refractivity contribution < 1.29 is 0 Å². The number of hydrogen-bond donors (Lipinski definition) is 0. The van der Waals surface area contributed by atoms with Crippen LogP contribution in [0.15, 0.2) is 146 Å². The Hall–Kier alpha value is -6.00. The molecule has 0 N–H and O–H groups in total. The fourth-order valence-corrected chi connectivity index (χ4v) is 8.68. The van der Waals surface area contributed by atoms with E-state index in [1.54, 1.807) is 11.1 Å². The first-order valence-corrected chi connectivity index (χ1v) is 18.7. The summed E-state index contributed by atoms with van der Waals surface area (Å²) < 4.78 is 4.91. The van der Waals surface area contributed by atoms with Crippen LogP contribution in [0.25, 0.3) is 50.8 Å². The molecule has 10 rings (SSSR count). The van der Waals surface area contributed by atoms with Gasteiger partial charge in [-0.15, -0.1) is 0 Å². The molecule has 252 valence electrons. The lowest BCUT2D eigenvalue weighted by molar-refractivity contribution is 0.643. The second-order valence-electron chi connectivity index (χ2n) is 14.5. The third-order valence-corrected chi connectivity index (χ3v) is 11.3. The van der Waals surface area contributed by atoms with Crippen molar-refractivity contribution in [1.29, 1.82) is 0 Å². The Morgan fingerprint density at radius 1 is 0.577 bits per heavy atom. The highest BCUT2D eigenvalue weighted by Gasteiger charge is 2.23. The van der Waals surface area contributed by atoms with Crippen LogP contribution in [0.5, 0.6) is 0 Å². The van der Waals surface area contributed by atoms with Crippen LogP contribution in [-0.4, -0.2) is 19.1 Å². The van der Waals surface area contributed by atoms with E-state index < -0.39 is 0 Å². The molecule has 1 unspecified atom stereocenters. The lowest BCUT2D eigenvalue weighted by Crippen LogP contribution is -2.08. The lowest BCUT2D eigenvalue weighted by atomic mass is 9.94. The van der Waals surface area contributed by atoms with Gasteiger partial charge in [0.1, 0.15) is 0 Å². The quantitative estimate of drug-likeness (QED) is 0.169. The molecule has 0 saturated heterocycles. The van der Waals surface area contributed by atoms with Gasteiger partial charge in [-0.3, -0.25) is 9.97 Å². The highest BCUT2D eigenvalue weighted by molar-refractivity contribution is 6.07. The molecule has 3 aliphatic rings. The van der Waals surface area contributed by atoms with Gasteiger partial charge in [-0.05, 0) is 126 Å². The summed E-state index contributed by atoms with van der Waals surface area (Å²) in [4.78, 5) is 8.76. The predicted octanol–water partition coefficient (Wildman–Crippen LogP) is 11.2. The molecule has 4 heteroatoms. The van der Waals surface area contributed by atoms with E-state index in [2.05, 4.69) is 147 Å². The summed E-state index contributed by atoms with van der Waals surface area (Å²) >= 11 is 0. The van der Waals surface area contributed by atoms with Crippen molar-refractivity contribution in [1.82, 2.24) is 19.1 Å². The summed E-state index contributed by atoms with van der Waals surface area (Å²) in [6, 6.07) is 31.9. The smallest absolute Gasteiger partial charge is 0.0560 e. The number of hydrogen-bond acceptors (Lipinski definition) is 2. The Bertz CT molecular complexity index is 2480. The minimum absolute atomic E-state index is 0.272. The van der Waals surface area contributed by atoms with E-state index in [0.717, 1.165) is 55.7 Å². The van der Waals surface area contributed by atoms with Gasteiger partial charge in [0, 0.05) is 52.6 Å². The molecule has 0 amide bonds. The normalized spacial score (nSPS) is 16.3. The standard InChI is InChI=1S/C48H40N4/c1-3-7-45-41(5-1)42-6-2-4-8-46(42)51(45)39-21-13-35(14-22-39)29-33-9-17-37(18-10-33)38-19-11-34(12-20-38)30-36-15-23-40(24-16-36)52-47-25-27-49-31-43(47)44-32-50-28-26-48(44)52/h3-4,7-23,25-28,31-32,40H,1-2,5-6,24,29-30H2. The fraction of sp³-hybridized carbons (Fsp3) is 0.167. The van der Waals surface area contributed by atoms with Crippen molar-refractivity contribution in [2.75, 3.05) is 0 Å². The molecule has 3 aromatic carbocycles. The van der Waals surface area contributed by atoms with Crippen LogP contribution >= 0.6 is 0 Å². The van der Waals surface area contributed by atoms with Crippen LogP contribution < -0.4 is 0 Å².